The van der Waals surface area contributed by atoms with Crippen molar-refractivity contribution in [1.82, 2.24) is 0 Å². The fourth-order valence-corrected chi connectivity index (χ4v) is 0.987. The fourth-order valence-electron chi connectivity index (χ4n) is 0.987. The van der Waals surface area contributed by atoms with Crippen LogP contribution >= 0.6 is 23.2 Å². The molecule has 100 valence electrons. The Hall–Kier alpha value is -1.87. The summed E-state index contributed by atoms with van der Waals surface area (Å²) in [6, 6.07) is 4.13. The van der Waals surface area contributed by atoms with Gasteiger partial charge < -0.3 is 0 Å². The van der Waals surface area contributed by atoms with Crippen molar-refractivity contribution in [2.45, 2.75) is 6.18 Å². The second-order valence-corrected chi connectivity index (χ2v) is 3.65. The van der Waals surface area contributed by atoms with Gasteiger partial charge in [0.2, 0.25) is 6.08 Å². The fraction of sp³-hybridized carbons (Fsp3) is 0.100. The van der Waals surface area contributed by atoms with E-state index >= 15 is 0 Å². The summed E-state index contributed by atoms with van der Waals surface area (Å²) in [5.74, 6) is 0. The zero-order valence-corrected chi connectivity index (χ0v) is 10.3. The van der Waals surface area contributed by atoms with E-state index in [0.29, 0.717) is 6.07 Å². The van der Waals surface area contributed by atoms with E-state index in [2.05, 4.69) is 28.2 Å². The van der Waals surface area contributed by atoms with Crippen LogP contribution in [0.15, 0.2) is 23.2 Å². The van der Waals surface area contributed by atoms with Crippen LogP contribution in [0.25, 0.3) is 0 Å². The number of alkyl halides is 3. The molecule has 0 aromatic heterocycles. The summed E-state index contributed by atoms with van der Waals surface area (Å²) in [7, 11) is 0. The number of carbonyl (C=O) groups is 1. The number of halogens is 5. The van der Waals surface area contributed by atoms with Crippen molar-refractivity contribution in [3.8, 4) is 6.07 Å². The number of hydrogen-bond acceptors (Lipinski definition) is 4. The van der Waals surface area contributed by atoms with Crippen molar-refractivity contribution in [2.24, 2.45) is 4.99 Å². The van der Waals surface area contributed by atoms with E-state index in [1.807, 2.05) is 0 Å². The van der Waals surface area contributed by atoms with Gasteiger partial charge in [0.05, 0.1) is 22.9 Å². The number of nitrogens with zero attached hydrogens (tertiary/aromatic N) is 2. The first-order valence-electron chi connectivity index (χ1n) is 4.26. The van der Waals surface area contributed by atoms with E-state index in [1.54, 1.807) is 0 Å². The Morgan fingerprint density at radius 3 is 2.21 bits per heavy atom. The molecule has 4 nitrogen and oxygen atoms in total. The van der Waals surface area contributed by atoms with Gasteiger partial charge in [0.1, 0.15) is 0 Å². The third-order valence-electron chi connectivity index (χ3n) is 1.60. The molecular weight excluding hydrogens is 308 g/mol. The van der Waals surface area contributed by atoms with Crippen LogP contribution in [0, 0.1) is 11.3 Å². The predicted molar refractivity (Wildman–Crippen MR) is 61.0 cm³/mol. The van der Waals surface area contributed by atoms with Crippen LogP contribution in [0.3, 0.4) is 0 Å². The lowest BCUT2D eigenvalue weighted by atomic mass is 10.1. The molecule has 1 rings (SSSR count). The first kappa shape index (κ1) is 17.1. The van der Waals surface area contributed by atoms with E-state index in [1.165, 1.54) is 6.07 Å². The summed E-state index contributed by atoms with van der Waals surface area (Å²) in [6.07, 6.45) is -3.51. The van der Waals surface area contributed by atoms with Crippen LogP contribution in [0.2, 0.25) is 0 Å². The first-order chi connectivity index (χ1) is 8.72. The number of hydrogen-bond donors (Lipinski definition) is 0. The van der Waals surface area contributed by atoms with Gasteiger partial charge in [-0.25, -0.2) is 4.79 Å². The number of rotatable bonds is 1. The van der Waals surface area contributed by atoms with Crippen molar-refractivity contribution < 1.29 is 22.8 Å². The average Bonchev–Trinajstić information content (AvgIpc) is 2.27. The zero-order valence-electron chi connectivity index (χ0n) is 8.83. The maximum Gasteiger partial charge on any atom is 0.417 e. The Morgan fingerprint density at radius 2 is 1.84 bits per heavy atom. The predicted octanol–water partition coefficient (Wildman–Crippen LogP) is 4.13. The topological polar surface area (TPSA) is 70.3 Å². The second kappa shape index (κ2) is 7.54. The molecule has 0 aliphatic carbocycles. The molecule has 0 aliphatic heterocycles. The lowest BCUT2D eigenvalue weighted by molar-refractivity contribution is -0.137. The zero-order chi connectivity index (χ0) is 15.1. The minimum Gasteiger partial charge on any atom is -0.262 e. The van der Waals surface area contributed by atoms with E-state index in [9.17, 15) is 18.0 Å². The Kier molecular flexibility index (Phi) is 6.80. The van der Waals surface area contributed by atoms with Crippen LogP contribution in [-0.2, 0) is 11.0 Å². The molecule has 19 heavy (non-hydrogen) atoms. The molecule has 0 bridgehead atoms. The molecule has 0 saturated carbocycles. The number of nitriles is 1. The Bertz CT molecular complexity index is 557. The highest BCUT2D eigenvalue weighted by Gasteiger charge is 2.33. The highest BCUT2D eigenvalue weighted by atomic mass is 35.5. The smallest absolute Gasteiger partial charge is 0.262 e. The van der Waals surface area contributed by atoms with E-state index in [-0.39, 0.29) is 5.69 Å². The van der Waals surface area contributed by atoms with Gasteiger partial charge in [-0.05, 0) is 41.4 Å². The summed E-state index contributed by atoms with van der Waals surface area (Å²) < 4.78 is 36.2. The van der Waals surface area contributed by atoms with E-state index in [0.717, 1.165) is 18.2 Å². The van der Waals surface area contributed by atoms with Crippen LogP contribution in [0.5, 0.6) is 0 Å². The van der Waals surface area contributed by atoms with Crippen LogP contribution in [-0.4, -0.2) is 10.8 Å². The van der Waals surface area contributed by atoms with Crippen molar-refractivity contribution in [1.29, 1.82) is 5.26 Å². The highest BCUT2D eigenvalue weighted by Crippen LogP contribution is 2.33. The number of carbonyl (C=O) groups excluding carboxylic acids is 2. The largest absolute Gasteiger partial charge is 0.417 e. The quantitative estimate of drug-likeness (QED) is 0.445. The molecule has 1 aromatic carbocycles. The molecule has 0 spiro atoms. The van der Waals surface area contributed by atoms with Crippen LogP contribution in [0.4, 0.5) is 23.7 Å². The monoisotopic (exact) mass is 310 g/mol. The molecule has 9 heteroatoms. The van der Waals surface area contributed by atoms with Crippen molar-refractivity contribution >= 4 is 39.7 Å². The summed E-state index contributed by atoms with van der Waals surface area (Å²) in [6.45, 7) is 0. The second-order valence-electron chi connectivity index (χ2n) is 2.77. The molecule has 0 heterocycles. The van der Waals surface area contributed by atoms with Gasteiger partial charge >= 0.3 is 10.9 Å². The summed E-state index contributed by atoms with van der Waals surface area (Å²) in [5.41, 5.74) is -1.80. The maximum absolute atomic E-state index is 12.4. The third kappa shape index (κ3) is 6.58. The number of isocyanates is 1. The minimum atomic E-state index is -4.64. The highest BCUT2D eigenvalue weighted by molar-refractivity contribution is 6.93. The van der Waals surface area contributed by atoms with Gasteiger partial charge in [-0.2, -0.15) is 23.4 Å². The normalized spacial score (nSPS) is 9.47. The van der Waals surface area contributed by atoms with Gasteiger partial charge in [0, 0.05) is 0 Å². The number of benzene rings is 1. The lowest BCUT2D eigenvalue weighted by Crippen LogP contribution is -2.07. The molecule has 0 fully saturated rings. The molecule has 0 radical (unpaired) electrons. The molecule has 0 saturated heterocycles. The molecule has 0 atom stereocenters. The minimum absolute atomic E-state index is 0.184. The van der Waals surface area contributed by atoms with Crippen molar-refractivity contribution in [3.05, 3.63) is 29.3 Å². The van der Waals surface area contributed by atoms with Gasteiger partial charge in [-0.3, -0.25) is 4.79 Å². The molecule has 0 aliphatic rings. The Morgan fingerprint density at radius 1 is 1.32 bits per heavy atom. The van der Waals surface area contributed by atoms with Gasteiger partial charge in [-0.1, -0.05) is 0 Å². The standard InChI is InChI=1S/C9H3F3N2O.CCl2O/c10-9(11,12)8-3-7(14-5-15)2-1-6(8)4-13;2-1(3)4/h1-3H;. The molecule has 0 N–H and O–H groups in total. The van der Waals surface area contributed by atoms with E-state index < -0.39 is 22.0 Å². The first-order valence-corrected chi connectivity index (χ1v) is 5.02. The van der Waals surface area contributed by atoms with Gasteiger partial charge in [0.25, 0.3) is 0 Å². The van der Waals surface area contributed by atoms with Crippen molar-refractivity contribution in [3.63, 3.8) is 0 Å². The summed E-state index contributed by atoms with van der Waals surface area (Å²) in [5, 5.41) is 8.44. The molecule has 0 unspecified atom stereocenters. The Labute approximate surface area is 115 Å². The van der Waals surface area contributed by atoms with Crippen LogP contribution in [0.1, 0.15) is 11.1 Å². The average molecular weight is 311 g/mol. The molecule has 0 amide bonds. The number of aliphatic imine (C=N–C) groups is 1. The lowest BCUT2D eigenvalue weighted by Gasteiger charge is -2.08. The third-order valence-corrected chi connectivity index (χ3v) is 1.60. The van der Waals surface area contributed by atoms with Crippen LogP contribution < -0.4 is 0 Å². The summed E-state index contributed by atoms with van der Waals surface area (Å²) >= 11 is 8.80. The molecular formula is C10H3Cl2F3N2O2. The SMILES string of the molecule is N#Cc1ccc(N=C=O)cc1C(F)(F)F.O=C(Cl)Cl. The maximum atomic E-state index is 12.4. The van der Waals surface area contributed by atoms with E-state index in [4.69, 9.17) is 10.1 Å². The van der Waals surface area contributed by atoms with Gasteiger partial charge in [-0.15, -0.1) is 0 Å². The van der Waals surface area contributed by atoms with Crippen molar-refractivity contribution in [2.75, 3.05) is 0 Å². The molecule has 1 aromatic rings. The summed E-state index contributed by atoms with van der Waals surface area (Å²) in [4.78, 5) is 21.9. The Balaban J connectivity index is 0.000000711. The van der Waals surface area contributed by atoms with Gasteiger partial charge in [0.15, 0.2) is 0 Å².